The van der Waals surface area contributed by atoms with Crippen LogP contribution in [-0.2, 0) is 0 Å². The average molecular weight is 316 g/mol. The predicted molar refractivity (Wildman–Crippen MR) is 84.3 cm³/mol. The lowest BCUT2D eigenvalue weighted by Crippen LogP contribution is -2.12. The van der Waals surface area contributed by atoms with Crippen molar-refractivity contribution in [1.29, 1.82) is 0 Å². The number of hydrogen-bond donors (Lipinski definition) is 1. The van der Waals surface area contributed by atoms with Gasteiger partial charge < -0.3 is 19.0 Å². The number of carbonyl (C=O) groups excluding carboxylic acids is 1. The van der Waals surface area contributed by atoms with Crippen LogP contribution in [0.1, 0.15) is 21.7 Å². The van der Waals surface area contributed by atoms with Crippen LogP contribution in [0, 0.1) is 6.92 Å². The van der Waals surface area contributed by atoms with Crippen molar-refractivity contribution in [2.45, 2.75) is 6.92 Å². The summed E-state index contributed by atoms with van der Waals surface area (Å²) in [6, 6.07) is 6.31. The summed E-state index contributed by atoms with van der Waals surface area (Å²) in [4.78, 5) is 23.9. The molecule has 0 unspecified atom stereocenters. The van der Waals surface area contributed by atoms with E-state index in [0.717, 1.165) is 0 Å². The molecule has 0 amide bonds. The highest BCUT2D eigenvalue weighted by molar-refractivity contribution is 6.08. The smallest absolute Gasteiger partial charge is 0.351 e. The van der Waals surface area contributed by atoms with E-state index in [2.05, 4.69) is 0 Å². The summed E-state index contributed by atoms with van der Waals surface area (Å²) in [5.41, 5.74) is -0.695. The highest BCUT2D eigenvalue weighted by Gasteiger charge is 2.16. The molecule has 0 saturated carbocycles. The van der Waals surface area contributed by atoms with E-state index in [9.17, 15) is 14.7 Å². The summed E-state index contributed by atoms with van der Waals surface area (Å²) >= 11 is 0. The quantitative estimate of drug-likeness (QED) is 0.674. The molecule has 0 saturated heterocycles. The van der Waals surface area contributed by atoms with Gasteiger partial charge in [0.2, 0.25) is 0 Å². The molecule has 6 nitrogen and oxygen atoms in total. The van der Waals surface area contributed by atoms with Crippen LogP contribution < -0.4 is 15.1 Å². The normalized spacial score (nSPS) is 10.7. The van der Waals surface area contributed by atoms with Gasteiger partial charge in [0, 0.05) is 11.6 Å². The van der Waals surface area contributed by atoms with Crippen LogP contribution in [0.5, 0.6) is 17.2 Å². The highest BCUT2D eigenvalue weighted by atomic mass is 16.5. The minimum atomic E-state index is -0.880. The van der Waals surface area contributed by atoms with Crippen LogP contribution in [0.4, 0.5) is 0 Å². The fraction of sp³-hybridized carbons (Fsp3) is 0.176. The first-order valence-corrected chi connectivity index (χ1v) is 6.74. The molecular weight excluding hydrogens is 300 g/mol. The summed E-state index contributed by atoms with van der Waals surface area (Å²) in [6.07, 6.45) is 2.64. The number of aromatic hydroxyl groups is 1. The zero-order valence-electron chi connectivity index (χ0n) is 13.0. The van der Waals surface area contributed by atoms with Gasteiger partial charge in [-0.1, -0.05) is 0 Å². The number of ether oxygens (including phenoxy) is 2. The van der Waals surface area contributed by atoms with Gasteiger partial charge in [-0.15, -0.1) is 0 Å². The molecule has 0 fully saturated rings. The van der Waals surface area contributed by atoms with Gasteiger partial charge in [0.15, 0.2) is 5.78 Å². The lowest BCUT2D eigenvalue weighted by atomic mass is 10.1. The lowest BCUT2D eigenvalue weighted by Gasteiger charge is -2.07. The van der Waals surface area contributed by atoms with Gasteiger partial charge in [-0.05, 0) is 37.3 Å². The summed E-state index contributed by atoms with van der Waals surface area (Å²) in [5.74, 6) is 0.278. The standard InChI is InChI=1S/C17H16O6/c1-10-8-14(19)16(17(20)23-10)13(18)6-4-11-9-12(21-2)5-7-15(11)22-3/h4-9,19H,1-3H3. The van der Waals surface area contributed by atoms with Gasteiger partial charge in [0.1, 0.15) is 28.6 Å². The highest BCUT2D eigenvalue weighted by Crippen LogP contribution is 2.25. The van der Waals surface area contributed by atoms with E-state index in [-0.39, 0.29) is 5.76 Å². The van der Waals surface area contributed by atoms with Crippen LogP contribution in [0.2, 0.25) is 0 Å². The van der Waals surface area contributed by atoms with Crippen LogP contribution in [0.25, 0.3) is 6.08 Å². The van der Waals surface area contributed by atoms with Crippen molar-refractivity contribution >= 4 is 11.9 Å². The molecule has 23 heavy (non-hydrogen) atoms. The van der Waals surface area contributed by atoms with Crippen LogP contribution in [0.15, 0.2) is 39.6 Å². The number of methoxy groups -OCH3 is 2. The van der Waals surface area contributed by atoms with Crippen molar-refractivity contribution in [3.8, 4) is 17.2 Å². The van der Waals surface area contributed by atoms with E-state index in [1.807, 2.05) is 0 Å². The Morgan fingerprint density at radius 3 is 2.57 bits per heavy atom. The first kappa shape index (κ1) is 16.4. The number of allylic oxidation sites excluding steroid dienone is 1. The fourth-order valence-corrected chi connectivity index (χ4v) is 2.04. The minimum absolute atomic E-state index is 0.225. The van der Waals surface area contributed by atoms with Gasteiger partial charge in [0.05, 0.1) is 14.2 Å². The third kappa shape index (κ3) is 3.60. The topological polar surface area (TPSA) is 86.0 Å². The van der Waals surface area contributed by atoms with E-state index in [4.69, 9.17) is 13.9 Å². The molecule has 1 aromatic heterocycles. The summed E-state index contributed by atoms with van der Waals surface area (Å²) in [7, 11) is 3.03. The Hall–Kier alpha value is -3.02. The van der Waals surface area contributed by atoms with Gasteiger partial charge in [-0.2, -0.15) is 0 Å². The van der Waals surface area contributed by atoms with Gasteiger partial charge in [0.25, 0.3) is 0 Å². The molecular formula is C17H16O6. The number of ketones is 1. The van der Waals surface area contributed by atoms with E-state index in [1.54, 1.807) is 18.2 Å². The van der Waals surface area contributed by atoms with Crippen molar-refractivity contribution in [1.82, 2.24) is 0 Å². The SMILES string of the molecule is COc1ccc(OC)c(C=CC(=O)c2c(O)cc(C)oc2=O)c1. The second kappa shape index (κ2) is 6.83. The van der Waals surface area contributed by atoms with Gasteiger partial charge in [-0.25, -0.2) is 4.79 Å². The van der Waals surface area contributed by atoms with Crippen molar-refractivity contribution in [3.05, 3.63) is 57.6 Å². The Kier molecular flexibility index (Phi) is 4.85. The van der Waals surface area contributed by atoms with Gasteiger partial charge in [-0.3, -0.25) is 4.79 Å². The van der Waals surface area contributed by atoms with E-state index < -0.39 is 22.7 Å². The Labute approximate surface area is 132 Å². The second-order valence-electron chi connectivity index (χ2n) is 4.71. The largest absolute Gasteiger partial charge is 0.507 e. The van der Waals surface area contributed by atoms with E-state index >= 15 is 0 Å². The summed E-state index contributed by atoms with van der Waals surface area (Å²) in [6.45, 7) is 1.51. The van der Waals surface area contributed by atoms with Crippen LogP contribution in [0.3, 0.4) is 0 Å². The molecule has 120 valence electrons. The zero-order chi connectivity index (χ0) is 17.0. The molecule has 0 atom stereocenters. The Morgan fingerprint density at radius 1 is 1.22 bits per heavy atom. The fourth-order valence-electron chi connectivity index (χ4n) is 2.04. The monoisotopic (exact) mass is 316 g/mol. The number of benzene rings is 1. The molecule has 0 aliphatic carbocycles. The molecule has 0 spiro atoms. The predicted octanol–water partition coefficient (Wildman–Crippen LogP) is 2.57. The summed E-state index contributed by atoms with van der Waals surface area (Å²) in [5, 5.41) is 9.76. The summed E-state index contributed by atoms with van der Waals surface area (Å²) < 4.78 is 15.1. The first-order chi connectivity index (χ1) is 11.0. The van der Waals surface area contributed by atoms with Crippen LogP contribution in [-0.4, -0.2) is 25.1 Å². The van der Waals surface area contributed by atoms with Gasteiger partial charge >= 0.3 is 5.63 Å². The molecule has 2 rings (SSSR count). The van der Waals surface area contributed by atoms with Crippen molar-refractivity contribution in [2.24, 2.45) is 0 Å². The maximum absolute atomic E-state index is 12.1. The number of rotatable bonds is 5. The molecule has 0 radical (unpaired) electrons. The lowest BCUT2D eigenvalue weighted by molar-refractivity contribution is 0.104. The molecule has 2 aromatic rings. The maximum atomic E-state index is 12.1. The van der Waals surface area contributed by atoms with Crippen molar-refractivity contribution in [2.75, 3.05) is 14.2 Å². The third-order valence-electron chi connectivity index (χ3n) is 3.15. The van der Waals surface area contributed by atoms with Crippen molar-refractivity contribution in [3.63, 3.8) is 0 Å². The molecule has 1 heterocycles. The van der Waals surface area contributed by atoms with Crippen molar-refractivity contribution < 1.29 is 23.8 Å². The molecule has 0 aliphatic heterocycles. The minimum Gasteiger partial charge on any atom is -0.507 e. The maximum Gasteiger partial charge on any atom is 0.351 e. The number of carbonyl (C=O) groups is 1. The molecule has 1 N–H and O–H groups in total. The van der Waals surface area contributed by atoms with E-state index in [1.165, 1.54) is 39.4 Å². The molecule has 6 heteroatoms. The third-order valence-corrected chi connectivity index (χ3v) is 3.15. The zero-order valence-corrected chi connectivity index (χ0v) is 13.0. The Bertz CT molecular complexity index is 816. The van der Waals surface area contributed by atoms with Crippen LogP contribution >= 0.6 is 0 Å². The first-order valence-electron chi connectivity index (χ1n) is 6.74. The average Bonchev–Trinajstić information content (AvgIpc) is 2.51. The Balaban J connectivity index is 2.37. The number of hydrogen-bond acceptors (Lipinski definition) is 6. The molecule has 0 bridgehead atoms. The second-order valence-corrected chi connectivity index (χ2v) is 4.71. The Morgan fingerprint density at radius 2 is 1.96 bits per heavy atom. The molecule has 1 aromatic carbocycles. The van der Waals surface area contributed by atoms with E-state index in [0.29, 0.717) is 17.1 Å². The molecule has 0 aliphatic rings. The number of aryl methyl sites for hydroxylation is 1.